The third-order valence-corrected chi connectivity index (χ3v) is 8.13. The number of carbonyl (C=O) groups is 1. The third kappa shape index (κ3) is 5.89. The Morgan fingerprint density at radius 2 is 2.06 bits per heavy atom. The first kappa shape index (κ1) is 24.9. The lowest BCUT2D eigenvalue weighted by Crippen LogP contribution is -2.53. The van der Waals surface area contributed by atoms with Crippen molar-refractivity contribution in [2.45, 2.75) is 71.2 Å². The van der Waals surface area contributed by atoms with Crippen molar-refractivity contribution in [3.63, 3.8) is 0 Å². The highest BCUT2D eigenvalue weighted by molar-refractivity contribution is 6.76. The summed E-state index contributed by atoms with van der Waals surface area (Å²) in [7, 11) is -1.17. The quantitative estimate of drug-likeness (QED) is 0.240. The largest absolute Gasteiger partial charge is 0.361 e. The minimum atomic E-state index is -1.17. The molecule has 1 aromatic carbocycles. The molecule has 2 N–H and O–H groups in total. The van der Waals surface area contributed by atoms with Gasteiger partial charge in [-0.15, -0.1) is 0 Å². The highest BCUT2D eigenvalue weighted by Crippen LogP contribution is 2.34. The number of aromatic nitrogens is 3. The molecule has 1 aliphatic rings. The summed E-state index contributed by atoms with van der Waals surface area (Å²) in [5.74, 6) is 0.529. The van der Waals surface area contributed by atoms with Crippen molar-refractivity contribution in [1.82, 2.24) is 19.9 Å². The number of aryl methyl sites for hydroxylation is 1. The summed E-state index contributed by atoms with van der Waals surface area (Å²) in [6.07, 6.45) is 5.81. The van der Waals surface area contributed by atoms with Crippen LogP contribution in [0.1, 0.15) is 25.3 Å². The molecule has 0 spiro atoms. The van der Waals surface area contributed by atoms with Crippen molar-refractivity contribution in [3.8, 4) is 11.3 Å². The zero-order chi connectivity index (χ0) is 25.2. The van der Waals surface area contributed by atoms with Gasteiger partial charge in [0.05, 0.1) is 12.3 Å². The predicted octanol–water partition coefficient (Wildman–Crippen LogP) is 5.35. The molecule has 9 heteroatoms. The molecule has 1 aliphatic carbocycles. The van der Waals surface area contributed by atoms with E-state index in [0.29, 0.717) is 18.4 Å². The van der Waals surface area contributed by atoms with Crippen molar-refractivity contribution < 1.29 is 9.53 Å². The van der Waals surface area contributed by atoms with Crippen LogP contribution in [0.3, 0.4) is 0 Å². The molecule has 2 atom stereocenters. The van der Waals surface area contributed by atoms with Crippen LogP contribution >= 0.6 is 0 Å². The van der Waals surface area contributed by atoms with Gasteiger partial charge in [0.15, 0.2) is 5.69 Å². The number of nitrogens with zero attached hydrogens (tertiary/aromatic N) is 4. The normalized spacial score (nSPS) is 17.6. The number of benzene rings is 1. The van der Waals surface area contributed by atoms with Crippen LogP contribution < -0.4 is 10.6 Å². The average Bonchev–Trinajstić information content (AvgIpc) is 3.15. The van der Waals surface area contributed by atoms with Gasteiger partial charge in [0.2, 0.25) is 11.9 Å². The van der Waals surface area contributed by atoms with E-state index in [-0.39, 0.29) is 18.0 Å². The Morgan fingerprint density at radius 3 is 2.71 bits per heavy atom. The van der Waals surface area contributed by atoms with E-state index >= 15 is 0 Å². The van der Waals surface area contributed by atoms with Gasteiger partial charge in [-0.05, 0) is 37.4 Å². The van der Waals surface area contributed by atoms with Crippen LogP contribution in [0.15, 0.2) is 30.6 Å². The maximum absolute atomic E-state index is 11.4. The SMILES string of the molecule is [C-]#[N+]c1ccc2c(-c3nc(N[C@H]4CC[C@@H]4NC(C)=O)ncc3C)cn(COCC[Si](C)(C)C)c2c1. The van der Waals surface area contributed by atoms with Crippen LogP contribution in [0.4, 0.5) is 11.6 Å². The number of carbonyl (C=O) groups excluding carboxylic acids is 1. The van der Waals surface area contributed by atoms with E-state index in [9.17, 15) is 4.79 Å². The zero-order valence-electron chi connectivity index (χ0n) is 21.2. The number of anilines is 1. The highest BCUT2D eigenvalue weighted by atomic mass is 28.3. The number of fused-ring (bicyclic) bond motifs is 1. The molecule has 0 saturated heterocycles. The van der Waals surface area contributed by atoms with Crippen molar-refractivity contribution in [1.29, 1.82) is 0 Å². The topological polar surface area (TPSA) is 85.4 Å². The molecule has 0 bridgehead atoms. The molecule has 1 saturated carbocycles. The first-order chi connectivity index (χ1) is 16.6. The smallest absolute Gasteiger partial charge is 0.223 e. The number of ether oxygens (including phenoxy) is 1. The second-order valence-electron chi connectivity index (χ2n) is 10.5. The van der Waals surface area contributed by atoms with Crippen molar-refractivity contribution in [3.05, 3.63) is 47.6 Å². The first-order valence-corrected chi connectivity index (χ1v) is 15.8. The molecule has 1 amide bonds. The van der Waals surface area contributed by atoms with Gasteiger partial charge in [-0.3, -0.25) is 4.79 Å². The lowest BCUT2D eigenvalue weighted by molar-refractivity contribution is -0.120. The lowest BCUT2D eigenvalue weighted by atomic mass is 9.86. The maximum Gasteiger partial charge on any atom is 0.223 e. The summed E-state index contributed by atoms with van der Waals surface area (Å²) < 4.78 is 8.11. The lowest BCUT2D eigenvalue weighted by Gasteiger charge is -2.37. The molecule has 0 aliphatic heterocycles. The molecular weight excluding hydrogens is 456 g/mol. The zero-order valence-corrected chi connectivity index (χ0v) is 22.2. The Kier molecular flexibility index (Phi) is 7.24. The van der Waals surface area contributed by atoms with Gasteiger partial charge < -0.3 is 19.9 Å². The van der Waals surface area contributed by atoms with Gasteiger partial charge in [-0.2, -0.15) is 0 Å². The van der Waals surface area contributed by atoms with Crippen LogP contribution in [0.2, 0.25) is 25.7 Å². The standard InChI is InChI=1S/C26H34N6O2Si/c1-17-14-28-26(30-23-10-9-22(23)29-18(2)33)31-25(17)21-15-32(16-34-11-12-35(4,5)6)24-13-19(27-3)7-8-20(21)24/h7-8,13-15,22-23H,9-12,16H2,1-2,4-6H3,(H,29,33)(H,28,30,31)/t22-,23-/m0/s1. The number of hydrogen-bond acceptors (Lipinski definition) is 5. The summed E-state index contributed by atoms with van der Waals surface area (Å²) in [6.45, 7) is 19.2. The molecule has 0 radical (unpaired) electrons. The molecular formula is C26H34N6O2Si. The monoisotopic (exact) mass is 490 g/mol. The van der Waals surface area contributed by atoms with Crippen molar-refractivity contribution in [2.24, 2.45) is 0 Å². The number of amides is 1. The summed E-state index contributed by atoms with van der Waals surface area (Å²) in [6, 6.07) is 7.07. The molecule has 4 rings (SSSR count). The number of rotatable bonds is 9. The molecule has 2 heterocycles. The second kappa shape index (κ2) is 10.2. The Bertz CT molecular complexity index is 1270. The van der Waals surface area contributed by atoms with Gasteiger partial charge in [0.1, 0.15) is 6.73 Å². The molecule has 1 fully saturated rings. The average molecular weight is 491 g/mol. The number of hydrogen-bond donors (Lipinski definition) is 2. The fraction of sp³-hybridized carbons (Fsp3) is 0.462. The van der Waals surface area contributed by atoms with Crippen LogP contribution in [-0.4, -0.2) is 47.2 Å². The van der Waals surface area contributed by atoms with E-state index < -0.39 is 8.07 Å². The van der Waals surface area contributed by atoms with E-state index in [1.807, 2.05) is 31.3 Å². The Hall–Kier alpha value is -3.22. The van der Waals surface area contributed by atoms with Crippen LogP contribution in [0.25, 0.3) is 27.0 Å². The molecule has 2 aromatic heterocycles. The second-order valence-corrected chi connectivity index (χ2v) is 16.2. The van der Waals surface area contributed by atoms with Crippen LogP contribution in [0.5, 0.6) is 0 Å². The number of nitrogens with one attached hydrogen (secondary N) is 2. The predicted molar refractivity (Wildman–Crippen MR) is 142 cm³/mol. The summed E-state index contributed by atoms with van der Waals surface area (Å²) in [4.78, 5) is 24.4. The molecule has 0 unspecified atom stereocenters. The fourth-order valence-corrected chi connectivity index (χ4v) is 5.00. The molecule has 8 nitrogen and oxygen atoms in total. The van der Waals surface area contributed by atoms with Crippen molar-refractivity contribution in [2.75, 3.05) is 11.9 Å². The minimum Gasteiger partial charge on any atom is -0.361 e. The highest BCUT2D eigenvalue weighted by Gasteiger charge is 2.32. The molecule has 3 aromatic rings. The van der Waals surface area contributed by atoms with E-state index in [2.05, 4.69) is 50.9 Å². The van der Waals surface area contributed by atoms with E-state index in [1.54, 1.807) is 6.92 Å². The summed E-state index contributed by atoms with van der Waals surface area (Å²) in [5, 5.41) is 7.41. The Labute approximate surface area is 207 Å². The van der Waals surface area contributed by atoms with E-state index in [0.717, 1.165) is 53.2 Å². The van der Waals surface area contributed by atoms with E-state index in [4.69, 9.17) is 16.3 Å². The van der Waals surface area contributed by atoms with Gasteiger partial charge >= 0.3 is 0 Å². The van der Waals surface area contributed by atoms with Gasteiger partial charge in [-0.25, -0.2) is 14.8 Å². The Balaban J connectivity index is 1.63. The van der Waals surface area contributed by atoms with Gasteiger partial charge in [0, 0.05) is 62.5 Å². The van der Waals surface area contributed by atoms with Gasteiger partial charge in [-0.1, -0.05) is 31.8 Å². The molecule has 35 heavy (non-hydrogen) atoms. The minimum absolute atomic E-state index is 0.0225. The maximum atomic E-state index is 11.4. The van der Waals surface area contributed by atoms with Gasteiger partial charge in [0.25, 0.3) is 0 Å². The van der Waals surface area contributed by atoms with E-state index in [1.165, 1.54) is 0 Å². The summed E-state index contributed by atoms with van der Waals surface area (Å²) >= 11 is 0. The fourth-order valence-electron chi connectivity index (χ4n) is 4.24. The van der Waals surface area contributed by atoms with Crippen molar-refractivity contribution >= 4 is 36.5 Å². The first-order valence-electron chi connectivity index (χ1n) is 12.1. The third-order valence-electron chi connectivity index (χ3n) is 6.43. The summed E-state index contributed by atoms with van der Waals surface area (Å²) in [5.41, 5.74) is 4.36. The van der Waals surface area contributed by atoms with Crippen LogP contribution in [0, 0.1) is 13.5 Å². The molecule has 184 valence electrons. The van der Waals surface area contributed by atoms with Crippen LogP contribution in [-0.2, 0) is 16.3 Å². The Morgan fingerprint density at radius 1 is 1.29 bits per heavy atom.